The number of aromatic nitrogens is 3. The Morgan fingerprint density at radius 2 is 1.83 bits per heavy atom. The summed E-state index contributed by atoms with van der Waals surface area (Å²) in [5, 5.41) is 2.54. The highest BCUT2D eigenvalue weighted by molar-refractivity contribution is 6.08. The van der Waals surface area contributed by atoms with Crippen LogP contribution < -0.4 is 10.1 Å². The first-order valence-electron chi connectivity index (χ1n) is 8.32. The molecule has 1 aromatic carbocycles. The highest BCUT2D eigenvalue weighted by atomic mass is 19.4. The van der Waals surface area contributed by atoms with E-state index in [1.807, 2.05) is 0 Å². The lowest BCUT2D eigenvalue weighted by Crippen LogP contribution is -2.22. The molecule has 2 aromatic heterocycles. The highest BCUT2D eigenvalue weighted by Crippen LogP contribution is 2.21. The van der Waals surface area contributed by atoms with Gasteiger partial charge in [-0.15, -0.1) is 0 Å². The van der Waals surface area contributed by atoms with Crippen molar-refractivity contribution in [2.75, 3.05) is 11.9 Å². The van der Waals surface area contributed by atoms with Gasteiger partial charge in [0, 0.05) is 36.9 Å². The average Bonchev–Trinajstić information content (AvgIpc) is 3.12. The maximum Gasteiger partial charge on any atom is 0.422 e. The van der Waals surface area contributed by atoms with E-state index in [0.29, 0.717) is 11.3 Å². The van der Waals surface area contributed by atoms with Gasteiger partial charge in [-0.05, 0) is 36.4 Å². The highest BCUT2D eigenvalue weighted by Gasteiger charge is 2.29. The molecule has 0 aliphatic heterocycles. The van der Waals surface area contributed by atoms with Crippen LogP contribution in [0.25, 0.3) is 0 Å². The Morgan fingerprint density at radius 3 is 2.45 bits per heavy atom. The molecule has 0 spiro atoms. The fraction of sp³-hybridized carbons (Fsp3) is 0.158. The van der Waals surface area contributed by atoms with Gasteiger partial charge < -0.3 is 14.6 Å². The van der Waals surface area contributed by atoms with Gasteiger partial charge in [-0.25, -0.2) is 9.97 Å². The Labute approximate surface area is 163 Å². The number of carbonyl (C=O) groups is 2. The van der Waals surface area contributed by atoms with Gasteiger partial charge in [-0.3, -0.25) is 9.59 Å². The van der Waals surface area contributed by atoms with Crippen molar-refractivity contribution in [1.82, 2.24) is 14.5 Å². The molecule has 3 rings (SSSR count). The summed E-state index contributed by atoms with van der Waals surface area (Å²) in [6.07, 6.45) is -0.177. The summed E-state index contributed by atoms with van der Waals surface area (Å²) in [6, 6.07) is 8.73. The number of hydrogen-bond acceptors (Lipinski definition) is 5. The molecule has 29 heavy (non-hydrogen) atoms. The minimum Gasteiger partial charge on any atom is -0.467 e. The third-order valence-corrected chi connectivity index (χ3v) is 3.82. The van der Waals surface area contributed by atoms with Gasteiger partial charge >= 0.3 is 6.18 Å². The van der Waals surface area contributed by atoms with E-state index in [-0.39, 0.29) is 17.2 Å². The zero-order chi connectivity index (χ0) is 21.0. The number of amides is 1. The van der Waals surface area contributed by atoms with Crippen LogP contribution in [0.5, 0.6) is 5.88 Å². The summed E-state index contributed by atoms with van der Waals surface area (Å²) >= 11 is 0. The number of imidazole rings is 1. The van der Waals surface area contributed by atoms with Gasteiger partial charge in [0.15, 0.2) is 12.4 Å². The number of halogens is 3. The fourth-order valence-corrected chi connectivity index (χ4v) is 2.45. The molecule has 3 aromatic rings. The standard InChI is InChI=1S/C19H15F3N4O3/c1-26-10-9-23-16(26)15(27)12-4-6-13(7-5-12)25-17(28)14-3-2-8-24-18(14)29-11-19(20,21)22/h2-10H,11H2,1H3,(H,25,28). The number of carbonyl (C=O) groups excluding carboxylic acids is 2. The number of ether oxygens (including phenoxy) is 1. The average molecular weight is 404 g/mol. The van der Waals surface area contributed by atoms with Crippen molar-refractivity contribution >= 4 is 17.4 Å². The normalized spacial score (nSPS) is 11.2. The van der Waals surface area contributed by atoms with Crippen molar-refractivity contribution in [3.8, 4) is 5.88 Å². The van der Waals surface area contributed by atoms with Crippen LogP contribution in [0.4, 0.5) is 18.9 Å². The van der Waals surface area contributed by atoms with E-state index in [0.717, 1.165) is 0 Å². The molecule has 150 valence electrons. The molecule has 0 bridgehead atoms. The lowest BCUT2D eigenvalue weighted by molar-refractivity contribution is -0.154. The predicted molar refractivity (Wildman–Crippen MR) is 96.8 cm³/mol. The molecular weight excluding hydrogens is 389 g/mol. The number of hydrogen-bond donors (Lipinski definition) is 1. The molecule has 0 saturated carbocycles. The van der Waals surface area contributed by atoms with Crippen molar-refractivity contribution in [1.29, 1.82) is 0 Å². The first-order chi connectivity index (χ1) is 13.7. The number of benzene rings is 1. The molecule has 0 radical (unpaired) electrons. The summed E-state index contributed by atoms with van der Waals surface area (Å²) in [6.45, 7) is -1.56. The number of pyridine rings is 1. The lowest BCUT2D eigenvalue weighted by Gasteiger charge is -2.12. The fourth-order valence-electron chi connectivity index (χ4n) is 2.45. The van der Waals surface area contributed by atoms with Crippen LogP contribution in [-0.4, -0.2) is 39.0 Å². The summed E-state index contributed by atoms with van der Waals surface area (Å²) in [7, 11) is 1.70. The van der Waals surface area contributed by atoms with E-state index < -0.39 is 24.6 Å². The minimum atomic E-state index is -4.55. The predicted octanol–water partition coefficient (Wildman–Crippen LogP) is 3.24. The monoisotopic (exact) mass is 404 g/mol. The van der Waals surface area contributed by atoms with E-state index >= 15 is 0 Å². The number of ketones is 1. The van der Waals surface area contributed by atoms with Crippen LogP contribution in [0, 0.1) is 0 Å². The molecule has 1 amide bonds. The summed E-state index contributed by atoms with van der Waals surface area (Å²) in [4.78, 5) is 32.5. The van der Waals surface area contributed by atoms with Crippen molar-refractivity contribution in [2.45, 2.75) is 6.18 Å². The number of alkyl halides is 3. The molecule has 2 heterocycles. The van der Waals surface area contributed by atoms with E-state index in [9.17, 15) is 22.8 Å². The van der Waals surface area contributed by atoms with E-state index in [2.05, 4.69) is 20.0 Å². The summed E-state index contributed by atoms with van der Waals surface area (Å²) < 4.78 is 43.3. The second-order valence-electron chi connectivity index (χ2n) is 5.98. The molecule has 0 atom stereocenters. The number of aryl methyl sites for hydroxylation is 1. The van der Waals surface area contributed by atoms with Crippen LogP contribution in [-0.2, 0) is 7.05 Å². The van der Waals surface area contributed by atoms with Crippen LogP contribution in [0.1, 0.15) is 26.5 Å². The van der Waals surface area contributed by atoms with Gasteiger partial charge in [0.2, 0.25) is 11.7 Å². The van der Waals surface area contributed by atoms with Crippen molar-refractivity contribution in [2.24, 2.45) is 7.05 Å². The molecule has 10 heteroatoms. The van der Waals surface area contributed by atoms with Crippen LogP contribution >= 0.6 is 0 Å². The number of rotatable bonds is 6. The topological polar surface area (TPSA) is 86.1 Å². The third-order valence-electron chi connectivity index (χ3n) is 3.82. The van der Waals surface area contributed by atoms with Gasteiger partial charge in [0.25, 0.3) is 5.91 Å². The number of nitrogens with one attached hydrogen (secondary N) is 1. The third kappa shape index (κ3) is 4.98. The Hall–Kier alpha value is -3.69. The van der Waals surface area contributed by atoms with E-state index in [1.54, 1.807) is 17.8 Å². The number of nitrogens with zero attached hydrogens (tertiary/aromatic N) is 3. The molecule has 0 saturated heterocycles. The van der Waals surface area contributed by atoms with Crippen molar-refractivity contribution in [3.63, 3.8) is 0 Å². The smallest absolute Gasteiger partial charge is 0.422 e. The van der Waals surface area contributed by atoms with Gasteiger partial charge in [-0.1, -0.05) is 0 Å². The lowest BCUT2D eigenvalue weighted by atomic mass is 10.1. The zero-order valence-electron chi connectivity index (χ0n) is 15.1. The second kappa shape index (κ2) is 8.13. The quantitative estimate of drug-likeness (QED) is 0.638. The van der Waals surface area contributed by atoms with E-state index in [1.165, 1.54) is 48.8 Å². The van der Waals surface area contributed by atoms with E-state index in [4.69, 9.17) is 0 Å². The Morgan fingerprint density at radius 1 is 1.10 bits per heavy atom. The first-order valence-corrected chi connectivity index (χ1v) is 8.32. The molecule has 1 N–H and O–H groups in total. The SMILES string of the molecule is Cn1ccnc1C(=O)c1ccc(NC(=O)c2cccnc2OCC(F)(F)F)cc1. The summed E-state index contributed by atoms with van der Waals surface area (Å²) in [5.74, 6) is -1.14. The van der Waals surface area contributed by atoms with Crippen molar-refractivity contribution in [3.05, 3.63) is 71.9 Å². The molecule has 7 nitrogen and oxygen atoms in total. The molecule has 0 fully saturated rings. The van der Waals surface area contributed by atoms with Gasteiger partial charge in [0.1, 0.15) is 5.56 Å². The molecule has 0 aliphatic rings. The Balaban J connectivity index is 1.72. The van der Waals surface area contributed by atoms with Gasteiger partial charge in [0.05, 0.1) is 0 Å². The maximum absolute atomic E-state index is 12.4. The minimum absolute atomic E-state index is 0.148. The van der Waals surface area contributed by atoms with Crippen molar-refractivity contribution < 1.29 is 27.5 Å². The van der Waals surface area contributed by atoms with Crippen LogP contribution in [0.2, 0.25) is 0 Å². The molecule has 0 unspecified atom stereocenters. The molecule has 0 aliphatic carbocycles. The largest absolute Gasteiger partial charge is 0.467 e. The maximum atomic E-state index is 12.4. The Bertz CT molecular complexity index is 1030. The first kappa shape index (κ1) is 20.1. The molecular formula is C19H15F3N4O3. The second-order valence-corrected chi connectivity index (χ2v) is 5.98. The summed E-state index contributed by atoms with van der Waals surface area (Å²) in [5.41, 5.74) is 0.565. The van der Waals surface area contributed by atoms with Crippen LogP contribution in [0.15, 0.2) is 55.0 Å². The van der Waals surface area contributed by atoms with Gasteiger partial charge in [-0.2, -0.15) is 13.2 Å². The van der Waals surface area contributed by atoms with Crippen LogP contribution in [0.3, 0.4) is 0 Å². The number of anilines is 1. The Kier molecular flexibility index (Phi) is 5.62. The zero-order valence-corrected chi connectivity index (χ0v) is 15.1.